The molecule has 1 amide bonds. The molecule has 0 saturated heterocycles. The molecule has 25 heavy (non-hydrogen) atoms. The Hall–Kier alpha value is -3.61. The summed E-state index contributed by atoms with van der Waals surface area (Å²) in [7, 11) is 0. The van der Waals surface area contributed by atoms with Crippen LogP contribution in [0.15, 0.2) is 63.8 Å². The summed E-state index contributed by atoms with van der Waals surface area (Å²) in [6, 6.07) is 15.5. The Balaban J connectivity index is 1.43. The number of benzene rings is 2. The molecule has 0 spiro atoms. The average Bonchev–Trinajstić information content (AvgIpc) is 3.01. The molecule has 0 aliphatic carbocycles. The summed E-state index contributed by atoms with van der Waals surface area (Å²) in [4.78, 5) is 30.5. The van der Waals surface area contributed by atoms with Crippen molar-refractivity contribution in [2.75, 3.05) is 11.9 Å². The highest BCUT2D eigenvalue weighted by Crippen LogP contribution is 2.19. The van der Waals surface area contributed by atoms with Crippen molar-refractivity contribution in [2.24, 2.45) is 0 Å². The van der Waals surface area contributed by atoms with Gasteiger partial charge in [0.05, 0.1) is 11.0 Å². The van der Waals surface area contributed by atoms with E-state index in [1.54, 1.807) is 24.3 Å². The Bertz CT molecular complexity index is 1100. The second-order valence-corrected chi connectivity index (χ2v) is 5.39. The van der Waals surface area contributed by atoms with Crippen molar-refractivity contribution in [3.63, 3.8) is 0 Å². The molecular weight excluding hydrogens is 322 g/mol. The molecule has 0 aliphatic heterocycles. The van der Waals surface area contributed by atoms with Crippen LogP contribution in [-0.2, 0) is 4.79 Å². The monoisotopic (exact) mass is 335 g/mol. The molecule has 2 aromatic heterocycles. The minimum Gasteiger partial charge on any atom is -0.484 e. The minimum absolute atomic E-state index is 0.195. The van der Waals surface area contributed by atoms with Gasteiger partial charge in [-0.3, -0.25) is 10.1 Å². The Labute approximate surface area is 141 Å². The first-order valence-corrected chi connectivity index (χ1v) is 7.59. The molecule has 0 aliphatic rings. The zero-order valence-electron chi connectivity index (χ0n) is 13.0. The van der Waals surface area contributed by atoms with Crippen LogP contribution in [0.2, 0.25) is 0 Å². The van der Waals surface area contributed by atoms with Crippen LogP contribution in [0.1, 0.15) is 0 Å². The fraction of sp³-hybridized carbons (Fsp3) is 0.0556. The van der Waals surface area contributed by atoms with Gasteiger partial charge < -0.3 is 14.1 Å². The summed E-state index contributed by atoms with van der Waals surface area (Å²) in [6.07, 6.45) is 0. The number of rotatable bonds is 4. The zero-order valence-corrected chi connectivity index (χ0v) is 13.0. The second kappa shape index (κ2) is 6.12. The number of H-pyrrole nitrogens is 1. The molecule has 0 fully saturated rings. The Morgan fingerprint density at radius 3 is 2.88 bits per heavy atom. The van der Waals surface area contributed by atoms with Crippen LogP contribution >= 0.6 is 0 Å². The fourth-order valence-corrected chi connectivity index (χ4v) is 2.46. The first-order chi connectivity index (χ1) is 12.2. The molecule has 2 N–H and O–H groups in total. The van der Waals surface area contributed by atoms with Crippen molar-refractivity contribution < 1.29 is 13.9 Å². The number of nitrogens with one attached hydrogen (secondary N) is 2. The number of ether oxygens (including phenoxy) is 1. The average molecular weight is 335 g/mol. The molecule has 7 heteroatoms. The molecule has 4 rings (SSSR count). The molecule has 0 atom stereocenters. The van der Waals surface area contributed by atoms with Gasteiger partial charge in [0.1, 0.15) is 11.3 Å². The number of hydrogen-bond acceptors (Lipinski definition) is 5. The molecule has 0 saturated carbocycles. The Kier molecular flexibility index (Phi) is 3.66. The van der Waals surface area contributed by atoms with Gasteiger partial charge in [0, 0.05) is 17.5 Å². The molecule has 7 nitrogen and oxygen atoms in total. The number of anilines is 1. The van der Waals surface area contributed by atoms with Gasteiger partial charge in [-0.1, -0.05) is 12.1 Å². The van der Waals surface area contributed by atoms with Crippen LogP contribution in [-0.4, -0.2) is 22.5 Å². The normalized spacial score (nSPS) is 10.9. The van der Waals surface area contributed by atoms with Crippen molar-refractivity contribution in [3.05, 3.63) is 65.0 Å². The van der Waals surface area contributed by atoms with Gasteiger partial charge in [0.25, 0.3) is 5.91 Å². The molecule has 0 bridgehead atoms. The number of carbonyl (C=O) groups excluding carboxylic acids is 1. The van der Waals surface area contributed by atoms with E-state index < -0.39 is 5.63 Å². The molecule has 124 valence electrons. The third kappa shape index (κ3) is 3.20. The number of hydrogen-bond donors (Lipinski definition) is 2. The van der Waals surface area contributed by atoms with Gasteiger partial charge in [0.15, 0.2) is 6.61 Å². The molecule has 2 aromatic carbocycles. The van der Waals surface area contributed by atoms with E-state index in [0.29, 0.717) is 17.3 Å². The van der Waals surface area contributed by atoms with E-state index in [1.165, 1.54) is 6.07 Å². The first kappa shape index (κ1) is 14.9. The maximum Gasteiger partial charge on any atom is 0.336 e. The topological polar surface area (TPSA) is 97.2 Å². The van der Waals surface area contributed by atoms with E-state index in [2.05, 4.69) is 15.3 Å². The van der Waals surface area contributed by atoms with E-state index >= 15 is 0 Å². The van der Waals surface area contributed by atoms with E-state index in [-0.39, 0.29) is 12.5 Å². The smallest absolute Gasteiger partial charge is 0.336 e. The molecule has 4 aromatic rings. The van der Waals surface area contributed by atoms with Crippen molar-refractivity contribution >= 4 is 33.9 Å². The van der Waals surface area contributed by atoms with Crippen LogP contribution in [0.3, 0.4) is 0 Å². The van der Waals surface area contributed by atoms with Crippen molar-refractivity contribution in [1.82, 2.24) is 9.97 Å². The number of imidazole rings is 1. The number of amides is 1. The van der Waals surface area contributed by atoms with Gasteiger partial charge in [-0.05, 0) is 30.3 Å². The predicted molar refractivity (Wildman–Crippen MR) is 92.7 cm³/mol. The number of nitrogens with zero attached hydrogens (tertiary/aromatic N) is 1. The predicted octanol–water partition coefficient (Wildman–Crippen LogP) is 2.69. The lowest BCUT2D eigenvalue weighted by Crippen LogP contribution is -2.20. The number of para-hydroxylation sites is 2. The van der Waals surface area contributed by atoms with Crippen molar-refractivity contribution in [2.45, 2.75) is 0 Å². The maximum absolute atomic E-state index is 12.0. The lowest BCUT2D eigenvalue weighted by atomic mass is 10.2. The first-order valence-electron chi connectivity index (χ1n) is 7.59. The summed E-state index contributed by atoms with van der Waals surface area (Å²) >= 11 is 0. The van der Waals surface area contributed by atoms with E-state index in [4.69, 9.17) is 9.15 Å². The number of carbonyl (C=O) groups is 1. The van der Waals surface area contributed by atoms with Gasteiger partial charge >= 0.3 is 5.63 Å². The van der Waals surface area contributed by atoms with Gasteiger partial charge in [-0.25, -0.2) is 9.78 Å². The standard InChI is InChI=1S/C18H13N3O4/c22-16(21-18-19-13-3-1-2-4-14(13)20-18)10-24-12-7-5-11-6-8-17(23)25-15(11)9-12/h1-9H,10H2,(H2,19,20,21,22). The zero-order chi connectivity index (χ0) is 17.2. The highest BCUT2D eigenvalue weighted by molar-refractivity contribution is 5.92. The van der Waals surface area contributed by atoms with Gasteiger partial charge in [-0.2, -0.15) is 0 Å². The largest absolute Gasteiger partial charge is 0.484 e. The molecule has 0 unspecified atom stereocenters. The van der Waals surface area contributed by atoms with Crippen molar-refractivity contribution in [1.29, 1.82) is 0 Å². The molecular formula is C18H13N3O4. The lowest BCUT2D eigenvalue weighted by molar-refractivity contribution is -0.118. The highest BCUT2D eigenvalue weighted by atomic mass is 16.5. The molecule has 2 heterocycles. The van der Waals surface area contributed by atoms with Crippen LogP contribution in [0.5, 0.6) is 5.75 Å². The van der Waals surface area contributed by atoms with Crippen LogP contribution in [0.4, 0.5) is 5.95 Å². The quantitative estimate of drug-likeness (QED) is 0.559. The highest BCUT2D eigenvalue weighted by Gasteiger charge is 2.08. The number of fused-ring (bicyclic) bond motifs is 2. The fourth-order valence-electron chi connectivity index (χ4n) is 2.46. The number of aromatic amines is 1. The van der Waals surface area contributed by atoms with Gasteiger partial charge in [0.2, 0.25) is 5.95 Å². The number of aromatic nitrogens is 2. The van der Waals surface area contributed by atoms with E-state index in [9.17, 15) is 9.59 Å². The summed E-state index contributed by atoms with van der Waals surface area (Å²) in [5.41, 5.74) is 1.57. The van der Waals surface area contributed by atoms with E-state index in [1.807, 2.05) is 24.3 Å². The van der Waals surface area contributed by atoms with Gasteiger partial charge in [-0.15, -0.1) is 0 Å². The van der Waals surface area contributed by atoms with Crippen molar-refractivity contribution in [3.8, 4) is 5.75 Å². The summed E-state index contributed by atoms with van der Waals surface area (Å²) in [5, 5.41) is 3.42. The van der Waals surface area contributed by atoms with Crippen LogP contribution in [0.25, 0.3) is 22.0 Å². The third-order valence-corrected chi connectivity index (χ3v) is 3.61. The summed E-state index contributed by atoms with van der Waals surface area (Å²) in [5.74, 6) is 0.439. The van der Waals surface area contributed by atoms with E-state index in [0.717, 1.165) is 16.4 Å². The van der Waals surface area contributed by atoms with Crippen LogP contribution in [0, 0.1) is 0 Å². The second-order valence-electron chi connectivity index (χ2n) is 5.39. The Morgan fingerprint density at radius 1 is 1.16 bits per heavy atom. The minimum atomic E-state index is -0.438. The maximum atomic E-state index is 12.0. The lowest BCUT2D eigenvalue weighted by Gasteiger charge is -2.06. The van der Waals surface area contributed by atoms with Crippen LogP contribution < -0.4 is 15.7 Å². The molecule has 0 radical (unpaired) electrons. The summed E-state index contributed by atoms with van der Waals surface area (Å²) in [6.45, 7) is -0.195. The Morgan fingerprint density at radius 2 is 2.00 bits per heavy atom. The SMILES string of the molecule is O=C(COc1ccc2ccc(=O)oc2c1)Nc1nc2ccccc2[nH]1. The summed E-state index contributed by atoms with van der Waals surface area (Å²) < 4.78 is 10.5. The third-order valence-electron chi connectivity index (χ3n) is 3.61.